The molecule has 0 bridgehead atoms. The van der Waals surface area contributed by atoms with E-state index in [4.69, 9.17) is 36.6 Å². The summed E-state index contributed by atoms with van der Waals surface area (Å²) in [6.45, 7) is 4.80. The Hall–Kier alpha value is -2.35. The van der Waals surface area contributed by atoms with Crippen LogP contribution in [0.2, 0.25) is 5.15 Å². The third-order valence-electron chi connectivity index (χ3n) is 6.00. The lowest BCUT2D eigenvalue weighted by Crippen LogP contribution is -2.55. The van der Waals surface area contributed by atoms with Crippen molar-refractivity contribution in [2.24, 2.45) is 10.7 Å². The van der Waals surface area contributed by atoms with E-state index in [1.165, 1.54) is 5.06 Å². The first kappa shape index (κ1) is 19.6. The van der Waals surface area contributed by atoms with Crippen LogP contribution in [0.5, 0.6) is 5.75 Å². The Balaban J connectivity index is 1.64. The van der Waals surface area contributed by atoms with Gasteiger partial charge in [-0.3, -0.25) is 0 Å². The standard InChI is InChI=1S/C22H25ClN4O3/c1-20(2)12-21(9-10-28-20)13-22(26-19(24)27(3)30-22)15-11-14(7-8-17(15)29-21)16-5-4-6-18(23)25-16/h4-8,11H,9-10,12-13H2,1-3H3,(H2,24,26). The Bertz CT molecular complexity index is 1040. The number of pyridine rings is 1. The van der Waals surface area contributed by atoms with Gasteiger partial charge in [0, 0.05) is 31.9 Å². The van der Waals surface area contributed by atoms with Crippen molar-refractivity contribution in [3.63, 3.8) is 0 Å². The van der Waals surface area contributed by atoms with Crippen LogP contribution in [0.3, 0.4) is 0 Å². The highest BCUT2D eigenvalue weighted by Gasteiger charge is 2.57. The SMILES string of the molecule is CN1OC2(CC3(CCOC(C)(C)C3)Oc3ccc(-c4cccc(Cl)n4)cc32)N=C1N. The van der Waals surface area contributed by atoms with Crippen LogP contribution in [0.1, 0.15) is 38.7 Å². The van der Waals surface area contributed by atoms with Gasteiger partial charge in [0.15, 0.2) is 0 Å². The van der Waals surface area contributed by atoms with Crippen LogP contribution in [-0.4, -0.2) is 40.9 Å². The molecule has 1 saturated heterocycles. The minimum absolute atomic E-state index is 0.290. The van der Waals surface area contributed by atoms with Gasteiger partial charge < -0.3 is 15.2 Å². The van der Waals surface area contributed by atoms with E-state index in [0.29, 0.717) is 24.1 Å². The van der Waals surface area contributed by atoms with E-state index in [9.17, 15) is 0 Å². The molecule has 158 valence electrons. The molecule has 0 aliphatic carbocycles. The molecule has 7 nitrogen and oxygen atoms in total. The van der Waals surface area contributed by atoms with Gasteiger partial charge in [-0.25, -0.2) is 19.9 Å². The van der Waals surface area contributed by atoms with E-state index in [-0.39, 0.29) is 5.60 Å². The van der Waals surface area contributed by atoms with Crippen molar-refractivity contribution in [3.8, 4) is 17.0 Å². The predicted molar refractivity (Wildman–Crippen MR) is 114 cm³/mol. The van der Waals surface area contributed by atoms with Crippen LogP contribution in [-0.2, 0) is 15.3 Å². The molecule has 30 heavy (non-hydrogen) atoms. The fourth-order valence-corrected chi connectivity index (χ4v) is 5.01. The second-order valence-corrected chi connectivity index (χ2v) is 9.28. The first-order chi connectivity index (χ1) is 14.2. The van der Waals surface area contributed by atoms with Gasteiger partial charge in [0.1, 0.15) is 16.5 Å². The summed E-state index contributed by atoms with van der Waals surface area (Å²) < 4.78 is 12.6. The van der Waals surface area contributed by atoms with Crippen LogP contribution in [0.15, 0.2) is 41.4 Å². The van der Waals surface area contributed by atoms with Crippen LogP contribution in [0.4, 0.5) is 0 Å². The monoisotopic (exact) mass is 428 g/mol. The lowest BCUT2D eigenvalue weighted by atomic mass is 9.75. The number of nitrogens with two attached hydrogens (primary N) is 1. The van der Waals surface area contributed by atoms with Crippen molar-refractivity contribution in [2.45, 2.75) is 50.0 Å². The van der Waals surface area contributed by atoms with Crippen LogP contribution in [0, 0.1) is 0 Å². The van der Waals surface area contributed by atoms with E-state index in [2.05, 4.69) is 18.8 Å². The molecule has 1 aromatic carbocycles. The highest BCUT2D eigenvalue weighted by Crippen LogP contribution is 2.54. The summed E-state index contributed by atoms with van der Waals surface area (Å²) in [4.78, 5) is 15.5. The number of hydroxylamine groups is 2. The summed E-state index contributed by atoms with van der Waals surface area (Å²) in [6.07, 6.45) is 2.05. The quantitative estimate of drug-likeness (QED) is 0.694. The predicted octanol–water partition coefficient (Wildman–Crippen LogP) is 3.86. The molecule has 2 N–H and O–H groups in total. The number of fused-ring (bicyclic) bond motifs is 2. The Morgan fingerprint density at radius 3 is 2.70 bits per heavy atom. The molecule has 3 aliphatic rings. The first-order valence-electron chi connectivity index (χ1n) is 10.1. The number of rotatable bonds is 1. The molecule has 8 heteroatoms. The number of aromatic nitrogens is 1. The third kappa shape index (κ3) is 3.21. The zero-order chi connectivity index (χ0) is 21.1. The average molecular weight is 429 g/mol. The normalized spacial score (nSPS) is 29.6. The third-order valence-corrected chi connectivity index (χ3v) is 6.21. The van der Waals surface area contributed by atoms with Crippen molar-refractivity contribution in [1.29, 1.82) is 0 Å². The molecule has 1 aromatic heterocycles. The topological polar surface area (TPSA) is 82.2 Å². The fourth-order valence-electron chi connectivity index (χ4n) is 4.85. The Morgan fingerprint density at radius 2 is 2.00 bits per heavy atom. The molecule has 2 atom stereocenters. The van der Waals surface area contributed by atoms with Gasteiger partial charge in [-0.1, -0.05) is 17.7 Å². The van der Waals surface area contributed by atoms with E-state index in [1.54, 1.807) is 13.1 Å². The highest BCUT2D eigenvalue weighted by atomic mass is 35.5. The molecular formula is C22H25ClN4O3. The van der Waals surface area contributed by atoms with Crippen molar-refractivity contribution in [3.05, 3.63) is 47.1 Å². The number of ether oxygens (including phenoxy) is 2. The minimum atomic E-state index is -0.950. The first-order valence-corrected chi connectivity index (χ1v) is 10.5. The molecule has 5 rings (SSSR count). The van der Waals surface area contributed by atoms with Crippen LogP contribution in [0.25, 0.3) is 11.3 Å². The summed E-state index contributed by atoms with van der Waals surface area (Å²) in [5.41, 5.74) is 6.97. The second kappa shape index (κ2) is 6.57. The lowest BCUT2D eigenvalue weighted by Gasteiger charge is -2.50. The molecule has 0 amide bonds. The number of hydrogen-bond acceptors (Lipinski definition) is 7. The van der Waals surface area contributed by atoms with Crippen molar-refractivity contribution in [2.75, 3.05) is 13.7 Å². The maximum absolute atomic E-state index is 6.63. The van der Waals surface area contributed by atoms with E-state index >= 15 is 0 Å². The molecule has 2 spiro atoms. The van der Waals surface area contributed by atoms with E-state index in [1.807, 2.05) is 30.3 Å². The Labute approximate surface area is 180 Å². The lowest BCUT2D eigenvalue weighted by molar-refractivity contribution is -0.224. The zero-order valence-corrected chi connectivity index (χ0v) is 18.1. The summed E-state index contributed by atoms with van der Waals surface area (Å²) >= 11 is 6.10. The summed E-state index contributed by atoms with van der Waals surface area (Å²) in [7, 11) is 1.77. The van der Waals surface area contributed by atoms with Gasteiger partial charge in [-0.05, 0) is 44.2 Å². The summed E-state index contributed by atoms with van der Waals surface area (Å²) in [6, 6.07) is 11.5. The highest BCUT2D eigenvalue weighted by molar-refractivity contribution is 6.29. The molecule has 1 fully saturated rings. The number of aliphatic imine (C=N–C) groups is 1. The smallest absolute Gasteiger partial charge is 0.222 e. The molecule has 4 heterocycles. The Kier molecular flexibility index (Phi) is 4.29. The second-order valence-electron chi connectivity index (χ2n) is 8.90. The van der Waals surface area contributed by atoms with Gasteiger partial charge in [-0.2, -0.15) is 0 Å². The van der Waals surface area contributed by atoms with Gasteiger partial charge in [-0.15, -0.1) is 0 Å². The average Bonchev–Trinajstić information content (AvgIpc) is 2.94. The largest absolute Gasteiger partial charge is 0.486 e. The summed E-state index contributed by atoms with van der Waals surface area (Å²) in [5, 5.41) is 1.97. The summed E-state index contributed by atoms with van der Waals surface area (Å²) in [5.74, 6) is 1.09. The molecule has 0 saturated carbocycles. The van der Waals surface area contributed by atoms with E-state index < -0.39 is 11.3 Å². The van der Waals surface area contributed by atoms with Gasteiger partial charge in [0.2, 0.25) is 11.7 Å². The molecule has 2 aromatic rings. The van der Waals surface area contributed by atoms with Crippen LogP contribution < -0.4 is 10.5 Å². The number of halogens is 1. The molecule has 3 aliphatic heterocycles. The molecular weight excluding hydrogens is 404 g/mol. The van der Waals surface area contributed by atoms with Gasteiger partial charge >= 0.3 is 0 Å². The molecule has 2 unspecified atom stereocenters. The number of hydrogen-bond donors (Lipinski definition) is 1. The van der Waals surface area contributed by atoms with Crippen LogP contribution >= 0.6 is 11.6 Å². The number of benzene rings is 1. The van der Waals surface area contributed by atoms with E-state index in [0.717, 1.165) is 35.4 Å². The number of guanidine groups is 1. The Morgan fingerprint density at radius 1 is 1.17 bits per heavy atom. The minimum Gasteiger partial charge on any atom is -0.486 e. The van der Waals surface area contributed by atoms with Crippen molar-refractivity contribution < 1.29 is 14.3 Å². The van der Waals surface area contributed by atoms with Crippen molar-refractivity contribution in [1.82, 2.24) is 10.0 Å². The number of nitrogens with zero attached hydrogens (tertiary/aromatic N) is 3. The fraction of sp³-hybridized carbons (Fsp3) is 0.455. The van der Waals surface area contributed by atoms with Gasteiger partial charge in [0.25, 0.3) is 0 Å². The van der Waals surface area contributed by atoms with Gasteiger partial charge in [0.05, 0.1) is 23.5 Å². The molecule has 0 radical (unpaired) electrons. The van der Waals surface area contributed by atoms with Crippen molar-refractivity contribution >= 4 is 17.6 Å². The maximum Gasteiger partial charge on any atom is 0.222 e. The zero-order valence-electron chi connectivity index (χ0n) is 17.3. The maximum atomic E-state index is 6.63.